The zero-order valence-corrected chi connectivity index (χ0v) is 11.7. The second-order valence-electron chi connectivity index (χ2n) is 4.87. The lowest BCUT2D eigenvalue weighted by atomic mass is 10.1. The molecule has 0 aliphatic rings. The maximum atomic E-state index is 5.71. The molecule has 0 spiro atoms. The van der Waals surface area contributed by atoms with Crippen molar-refractivity contribution in [3.05, 3.63) is 78.6 Å². The topological polar surface area (TPSA) is 50.9 Å². The van der Waals surface area contributed by atoms with Gasteiger partial charge in [-0.2, -0.15) is 0 Å². The lowest BCUT2D eigenvalue weighted by Crippen LogP contribution is -2.00. The number of hydrogen-bond donors (Lipinski definition) is 2. The van der Waals surface area contributed by atoms with Crippen LogP contribution in [0.5, 0.6) is 0 Å². The molecule has 0 saturated carbocycles. The van der Waals surface area contributed by atoms with Crippen molar-refractivity contribution in [3.63, 3.8) is 0 Å². The minimum atomic E-state index is 0.724. The average Bonchev–Trinajstić information content (AvgIpc) is 2.55. The molecule has 3 aromatic rings. The Morgan fingerprint density at radius 1 is 0.810 bits per heavy atom. The van der Waals surface area contributed by atoms with E-state index in [2.05, 4.69) is 34.6 Å². The van der Waals surface area contributed by atoms with Crippen LogP contribution in [0.4, 0.5) is 11.4 Å². The molecular formula is C18H17N3. The third-order valence-electron chi connectivity index (χ3n) is 3.33. The molecule has 0 atom stereocenters. The van der Waals surface area contributed by atoms with Crippen LogP contribution in [-0.2, 0) is 6.54 Å². The summed E-state index contributed by atoms with van der Waals surface area (Å²) in [7, 11) is 0. The first-order valence-corrected chi connectivity index (χ1v) is 6.91. The molecule has 1 aromatic heterocycles. The van der Waals surface area contributed by atoms with Gasteiger partial charge in [0.1, 0.15) is 0 Å². The fourth-order valence-electron chi connectivity index (χ4n) is 2.15. The number of nitrogen functional groups attached to an aromatic ring is 1. The Morgan fingerprint density at radius 3 is 2.10 bits per heavy atom. The molecule has 3 N–H and O–H groups in total. The number of pyridine rings is 1. The van der Waals surface area contributed by atoms with Crippen LogP contribution < -0.4 is 11.1 Å². The molecule has 0 aliphatic carbocycles. The van der Waals surface area contributed by atoms with Crippen LogP contribution in [0.25, 0.3) is 11.1 Å². The first-order valence-electron chi connectivity index (χ1n) is 6.91. The van der Waals surface area contributed by atoms with Crippen molar-refractivity contribution in [2.45, 2.75) is 6.54 Å². The van der Waals surface area contributed by atoms with E-state index in [0.717, 1.165) is 23.6 Å². The summed E-state index contributed by atoms with van der Waals surface area (Å²) < 4.78 is 0. The highest BCUT2D eigenvalue weighted by molar-refractivity contribution is 5.67. The second kappa shape index (κ2) is 6.09. The summed E-state index contributed by atoms with van der Waals surface area (Å²) in [5, 5.41) is 3.37. The molecular weight excluding hydrogens is 258 g/mol. The molecule has 0 saturated heterocycles. The van der Waals surface area contributed by atoms with E-state index in [0.29, 0.717) is 0 Å². The quantitative estimate of drug-likeness (QED) is 0.709. The van der Waals surface area contributed by atoms with Crippen molar-refractivity contribution < 1.29 is 0 Å². The van der Waals surface area contributed by atoms with Crippen LogP contribution in [0, 0.1) is 0 Å². The van der Waals surface area contributed by atoms with Crippen LogP contribution in [0.15, 0.2) is 72.9 Å². The number of nitrogens with zero attached hydrogens (tertiary/aromatic N) is 1. The summed E-state index contributed by atoms with van der Waals surface area (Å²) in [6, 6.07) is 22.2. The molecule has 3 nitrogen and oxygen atoms in total. The SMILES string of the molecule is Nc1ccc(-c2ccc(NCc3ccccn3)cc2)cc1. The zero-order chi connectivity index (χ0) is 14.5. The predicted molar refractivity (Wildman–Crippen MR) is 87.9 cm³/mol. The largest absolute Gasteiger partial charge is 0.399 e. The summed E-state index contributed by atoms with van der Waals surface area (Å²) in [4.78, 5) is 4.29. The molecule has 0 bridgehead atoms. The molecule has 1 heterocycles. The van der Waals surface area contributed by atoms with Gasteiger partial charge in [-0.3, -0.25) is 4.98 Å². The van der Waals surface area contributed by atoms with Crippen molar-refractivity contribution in [3.8, 4) is 11.1 Å². The summed E-state index contributed by atoms with van der Waals surface area (Å²) in [6.45, 7) is 0.724. The van der Waals surface area contributed by atoms with Gasteiger partial charge in [-0.15, -0.1) is 0 Å². The lowest BCUT2D eigenvalue weighted by molar-refractivity contribution is 1.05. The highest BCUT2D eigenvalue weighted by Crippen LogP contribution is 2.22. The molecule has 2 aromatic carbocycles. The maximum absolute atomic E-state index is 5.71. The summed E-state index contributed by atoms with van der Waals surface area (Å²) in [5.41, 5.74) is 10.9. The van der Waals surface area contributed by atoms with Crippen LogP contribution in [0.3, 0.4) is 0 Å². The number of anilines is 2. The monoisotopic (exact) mass is 275 g/mol. The molecule has 0 unspecified atom stereocenters. The molecule has 104 valence electrons. The third kappa shape index (κ3) is 3.39. The third-order valence-corrected chi connectivity index (χ3v) is 3.33. The zero-order valence-electron chi connectivity index (χ0n) is 11.7. The Labute approximate surface area is 124 Å². The summed E-state index contributed by atoms with van der Waals surface area (Å²) in [5.74, 6) is 0. The van der Waals surface area contributed by atoms with Gasteiger partial charge in [0.2, 0.25) is 0 Å². The molecule has 0 fully saturated rings. The van der Waals surface area contributed by atoms with Crippen molar-refractivity contribution in [2.24, 2.45) is 0 Å². The molecule has 0 amide bonds. The number of rotatable bonds is 4. The van der Waals surface area contributed by atoms with Gasteiger partial charge in [-0.25, -0.2) is 0 Å². The normalized spacial score (nSPS) is 10.3. The van der Waals surface area contributed by atoms with E-state index in [4.69, 9.17) is 5.73 Å². The Bertz CT molecular complexity index is 689. The first-order chi connectivity index (χ1) is 10.3. The maximum Gasteiger partial charge on any atom is 0.0594 e. The smallest absolute Gasteiger partial charge is 0.0594 e. The molecule has 3 heteroatoms. The molecule has 21 heavy (non-hydrogen) atoms. The van der Waals surface area contributed by atoms with E-state index < -0.39 is 0 Å². The van der Waals surface area contributed by atoms with E-state index in [1.165, 1.54) is 11.1 Å². The Kier molecular flexibility index (Phi) is 3.83. The van der Waals surface area contributed by atoms with Gasteiger partial charge in [0.25, 0.3) is 0 Å². The number of nitrogens with one attached hydrogen (secondary N) is 1. The number of nitrogens with two attached hydrogens (primary N) is 1. The standard InChI is InChI=1S/C18H17N3/c19-16-8-4-14(5-9-16)15-6-10-17(11-7-15)21-13-18-3-1-2-12-20-18/h1-12,21H,13,19H2. The van der Waals surface area contributed by atoms with E-state index >= 15 is 0 Å². The molecule has 0 radical (unpaired) electrons. The van der Waals surface area contributed by atoms with E-state index in [1.54, 1.807) is 6.20 Å². The number of benzene rings is 2. The lowest BCUT2D eigenvalue weighted by Gasteiger charge is -2.07. The fraction of sp³-hybridized carbons (Fsp3) is 0.0556. The first kappa shape index (κ1) is 13.2. The Balaban J connectivity index is 1.68. The second-order valence-corrected chi connectivity index (χ2v) is 4.87. The van der Waals surface area contributed by atoms with Gasteiger partial charge < -0.3 is 11.1 Å². The summed E-state index contributed by atoms with van der Waals surface area (Å²) in [6.07, 6.45) is 1.81. The minimum absolute atomic E-state index is 0.724. The average molecular weight is 275 g/mol. The van der Waals surface area contributed by atoms with Gasteiger partial charge in [-0.05, 0) is 47.5 Å². The van der Waals surface area contributed by atoms with Crippen LogP contribution in [-0.4, -0.2) is 4.98 Å². The fourth-order valence-corrected chi connectivity index (χ4v) is 2.15. The van der Waals surface area contributed by atoms with Gasteiger partial charge >= 0.3 is 0 Å². The van der Waals surface area contributed by atoms with Crippen molar-refractivity contribution in [1.82, 2.24) is 4.98 Å². The van der Waals surface area contributed by atoms with Crippen molar-refractivity contribution in [2.75, 3.05) is 11.1 Å². The van der Waals surface area contributed by atoms with Crippen LogP contribution >= 0.6 is 0 Å². The van der Waals surface area contributed by atoms with E-state index in [1.807, 2.05) is 42.5 Å². The van der Waals surface area contributed by atoms with Crippen LogP contribution in [0.2, 0.25) is 0 Å². The predicted octanol–water partition coefficient (Wildman–Crippen LogP) is 3.94. The Morgan fingerprint density at radius 2 is 1.48 bits per heavy atom. The number of aromatic nitrogens is 1. The van der Waals surface area contributed by atoms with Crippen LogP contribution in [0.1, 0.15) is 5.69 Å². The van der Waals surface area contributed by atoms with Gasteiger partial charge in [0.05, 0.1) is 12.2 Å². The van der Waals surface area contributed by atoms with E-state index in [9.17, 15) is 0 Å². The molecule has 3 rings (SSSR count). The molecule has 0 aliphatic heterocycles. The van der Waals surface area contributed by atoms with Gasteiger partial charge in [0.15, 0.2) is 0 Å². The minimum Gasteiger partial charge on any atom is -0.399 e. The van der Waals surface area contributed by atoms with Crippen molar-refractivity contribution in [1.29, 1.82) is 0 Å². The summed E-state index contributed by atoms with van der Waals surface area (Å²) >= 11 is 0. The van der Waals surface area contributed by atoms with Crippen molar-refractivity contribution >= 4 is 11.4 Å². The Hall–Kier alpha value is -2.81. The highest BCUT2D eigenvalue weighted by Gasteiger charge is 1.99. The van der Waals surface area contributed by atoms with Gasteiger partial charge in [0, 0.05) is 17.6 Å². The van der Waals surface area contributed by atoms with E-state index in [-0.39, 0.29) is 0 Å². The number of hydrogen-bond acceptors (Lipinski definition) is 3. The highest BCUT2D eigenvalue weighted by atomic mass is 14.9. The van der Waals surface area contributed by atoms with Gasteiger partial charge in [-0.1, -0.05) is 30.3 Å².